The van der Waals surface area contributed by atoms with E-state index in [1.807, 2.05) is 6.92 Å². The first-order chi connectivity index (χ1) is 8.52. The summed E-state index contributed by atoms with van der Waals surface area (Å²) >= 11 is 0. The molecule has 3 nitrogen and oxygen atoms in total. The third kappa shape index (κ3) is 2.71. The van der Waals surface area contributed by atoms with E-state index in [-0.39, 0.29) is 17.9 Å². The Morgan fingerprint density at radius 1 is 1.33 bits per heavy atom. The molecule has 2 rings (SSSR count). The minimum absolute atomic E-state index is 0.0413. The van der Waals surface area contributed by atoms with Gasteiger partial charge in [0.05, 0.1) is 6.04 Å². The van der Waals surface area contributed by atoms with E-state index in [0.717, 1.165) is 18.3 Å². The van der Waals surface area contributed by atoms with Crippen LogP contribution < -0.4 is 11.1 Å². The van der Waals surface area contributed by atoms with Gasteiger partial charge < -0.3 is 11.1 Å². The van der Waals surface area contributed by atoms with Gasteiger partial charge in [0.15, 0.2) is 0 Å². The van der Waals surface area contributed by atoms with Gasteiger partial charge in [0.1, 0.15) is 0 Å². The average Bonchev–Trinajstić information content (AvgIpc) is 2.98. The highest BCUT2D eigenvalue weighted by Gasteiger charge is 2.42. The van der Waals surface area contributed by atoms with Crippen LogP contribution in [0.1, 0.15) is 52.9 Å². The standard InChI is InChI=1S/C15H28N2O/c1-4-9(2)14(16)15(18)17-10(3)13-8-11-5-6-12(13)7-11/h9-14H,4-8,16H2,1-3H3,(H,17,18)/t9-,10?,11?,12?,13?,14-/m0/s1. The molecule has 0 heterocycles. The van der Waals surface area contributed by atoms with Gasteiger partial charge in [-0.25, -0.2) is 0 Å². The van der Waals surface area contributed by atoms with Crippen molar-refractivity contribution < 1.29 is 4.79 Å². The molecule has 0 aromatic heterocycles. The molecule has 6 atom stereocenters. The Morgan fingerprint density at radius 3 is 2.56 bits per heavy atom. The average molecular weight is 252 g/mol. The first kappa shape index (κ1) is 13.9. The fraction of sp³-hybridized carbons (Fsp3) is 0.933. The molecule has 104 valence electrons. The third-order valence-electron chi connectivity index (χ3n) is 5.36. The molecule has 4 unspecified atom stereocenters. The third-order valence-corrected chi connectivity index (χ3v) is 5.36. The number of hydrogen-bond donors (Lipinski definition) is 2. The van der Waals surface area contributed by atoms with E-state index in [2.05, 4.69) is 19.2 Å². The molecule has 1 amide bonds. The molecule has 2 bridgehead atoms. The lowest BCUT2D eigenvalue weighted by Gasteiger charge is -2.30. The predicted octanol–water partition coefficient (Wildman–Crippen LogP) is 2.30. The largest absolute Gasteiger partial charge is 0.352 e. The molecule has 3 heteroatoms. The number of rotatable bonds is 5. The lowest BCUT2D eigenvalue weighted by molar-refractivity contribution is -0.124. The van der Waals surface area contributed by atoms with Crippen molar-refractivity contribution in [1.82, 2.24) is 5.32 Å². The summed E-state index contributed by atoms with van der Waals surface area (Å²) in [6, 6.07) is -0.0565. The Bertz CT molecular complexity index is 305. The Hall–Kier alpha value is -0.570. The van der Waals surface area contributed by atoms with Gasteiger partial charge in [-0.2, -0.15) is 0 Å². The Kier molecular flexibility index (Phi) is 4.31. The molecule has 0 aromatic carbocycles. The van der Waals surface area contributed by atoms with Crippen molar-refractivity contribution in [2.75, 3.05) is 0 Å². The minimum Gasteiger partial charge on any atom is -0.352 e. The van der Waals surface area contributed by atoms with E-state index in [1.54, 1.807) is 0 Å². The van der Waals surface area contributed by atoms with Crippen LogP contribution >= 0.6 is 0 Å². The minimum atomic E-state index is -0.351. The maximum atomic E-state index is 12.1. The van der Waals surface area contributed by atoms with Crippen molar-refractivity contribution in [3.05, 3.63) is 0 Å². The number of fused-ring (bicyclic) bond motifs is 2. The normalized spacial score (nSPS) is 35.2. The monoisotopic (exact) mass is 252 g/mol. The van der Waals surface area contributed by atoms with Crippen LogP contribution in [0.3, 0.4) is 0 Å². The molecule has 18 heavy (non-hydrogen) atoms. The maximum Gasteiger partial charge on any atom is 0.237 e. The van der Waals surface area contributed by atoms with Gasteiger partial charge in [-0.3, -0.25) is 4.79 Å². The van der Waals surface area contributed by atoms with Crippen molar-refractivity contribution in [3.8, 4) is 0 Å². The first-order valence-corrected chi connectivity index (χ1v) is 7.58. The number of carbonyl (C=O) groups excluding carboxylic acids is 1. The van der Waals surface area contributed by atoms with Crippen molar-refractivity contribution >= 4 is 5.91 Å². The second-order valence-electron chi connectivity index (χ2n) is 6.55. The van der Waals surface area contributed by atoms with Crippen LogP contribution in [0, 0.1) is 23.7 Å². The van der Waals surface area contributed by atoms with Gasteiger partial charge in [0.2, 0.25) is 5.91 Å². The van der Waals surface area contributed by atoms with Crippen LogP contribution in [0.25, 0.3) is 0 Å². The molecule has 3 N–H and O–H groups in total. The van der Waals surface area contributed by atoms with Crippen LogP contribution in [0.15, 0.2) is 0 Å². The number of nitrogens with two attached hydrogens (primary N) is 1. The van der Waals surface area contributed by atoms with Crippen LogP contribution in [0.4, 0.5) is 0 Å². The second kappa shape index (κ2) is 5.60. The van der Waals surface area contributed by atoms with E-state index < -0.39 is 0 Å². The molecule has 0 saturated heterocycles. The number of amides is 1. The summed E-state index contributed by atoms with van der Waals surface area (Å²) in [4.78, 5) is 12.1. The summed E-state index contributed by atoms with van der Waals surface area (Å²) in [5.74, 6) is 2.78. The summed E-state index contributed by atoms with van der Waals surface area (Å²) in [7, 11) is 0. The lowest BCUT2D eigenvalue weighted by atomic mass is 9.83. The molecular formula is C15H28N2O. The summed E-state index contributed by atoms with van der Waals surface area (Å²) in [6.45, 7) is 6.29. The van der Waals surface area contributed by atoms with Gasteiger partial charge in [-0.1, -0.05) is 26.7 Å². The van der Waals surface area contributed by atoms with Crippen LogP contribution in [0.5, 0.6) is 0 Å². The van der Waals surface area contributed by atoms with Gasteiger partial charge in [-0.15, -0.1) is 0 Å². The first-order valence-electron chi connectivity index (χ1n) is 7.58. The van der Waals surface area contributed by atoms with E-state index in [0.29, 0.717) is 12.0 Å². The smallest absolute Gasteiger partial charge is 0.237 e. The van der Waals surface area contributed by atoms with Crippen LogP contribution in [0.2, 0.25) is 0 Å². The summed E-state index contributed by atoms with van der Waals surface area (Å²) in [6.07, 6.45) is 6.44. The molecule has 0 spiro atoms. The van der Waals surface area contributed by atoms with E-state index in [9.17, 15) is 4.79 Å². The van der Waals surface area contributed by atoms with Crippen molar-refractivity contribution in [1.29, 1.82) is 0 Å². The van der Waals surface area contributed by atoms with Crippen molar-refractivity contribution in [2.45, 2.75) is 65.0 Å². The fourth-order valence-corrected chi connectivity index (χ4v) is 3.85. The number of nitrogens with one attached hydrogen (secondary N) is 1. The van der Waals surface area contributed by atoms with E-state index in [1.165, 1.54) is 25.7 Å². The topological polar surface area (TPSA) is 55.1 Å². The van der Waals surface area contributed by atoms with Gasteiger partial charge in [0, 0.05) is 6.04 Å². The molecule has 2 saturated carbocycles. The number of hydrogen-bond acceptors (Lipinski definition) is 2. The Morgan fingerprint density at radius 2 is 2.06 bits per heavy atom. The Labute approximate surface area is 111 Å². The van der Waals surface area contributed by atoms with Crippen LogP contribution in [-0.4, -0.2) is 18.0 Å². The quantitative estimate of drug-likeness (QED) is 0.789. The molecule has 0 aromatic rings. The maximum absolute atomic E-state index is 12.1. The molecular weight excluding hydrogens is 224 g/mol. The SMILES string of the molecule is CC[C@H](C)[C@H](N)C(=O)NC(C)C1CC2CCC1C2. The highest BCUT2D eigenvalue weighted by atomic mass is 16.2. The molecule has 2 fully saturated rings. The zero-order valence-electron chi connectivity index (χ0n) is 12.0. The van der Waals surface area contributed by atoms with Crippen LogP contribution in [-0.2, 0) is 4.79 Å². The molecule has 0 radical (unpaired) electrons. The van der Waals surface area contributed by atoms with E-state index >= 15 is 0 Å². The highest BCUT2D eigenvalue weighted by molar-refractivity contribution is 5.82. The van der Waals surface area contributed by atoms with Crippen molar-refractivity contribution in [3.63, 3.8) is 0 Å². The second-order valence-corrected chi connectivity index (χ2v) is 6.55. The fourth-order valence-electron chi connectivity index (χ4n) is 3.85. The van der Waals surface area contributed by atoms with Crippen molar-refractivity contribution in [2.24, 2.45) is 29.4 Å². The zero-order valence-corrected chi connectivity index (χ0v) is 12.0. The Balaban J connectivity index is 1.84. The summed E-state index contributed by atoms with van der Waals surface area (Å²) in [5, 5.41) is 3.16. The van der Waals surface area contributed by atoms with E-state index in [4.69, 9.17) is 5.73 Å². The van der Waals surface area contributed by atoms with Gasteiger partial charge >= 0.3 is 0 Å². The highest BCUT2D eigenvalue weighted by Crippen LogP contribution is 2.49. The summed E-state index contributed by atoms with van der Waals surface area (Å²) in [5.41, 5.74) is 5.98. The zero-order chi connectivity index (χ0) is 13.3. The molecule has 0 aliphatic heterocycles. The van der Waals surface area contributed by atoms with Gasteiger partial charge in [-0.05, 0) is 49.9 Å². The van der Waals surface area contributed by atoms with Gasteiger partial charge in [0.25, 0.3) is 0 Å². The predicted molar refractivity (Wildman–Crippen MR) is 74.0 cm³/mol. The lowest BCUT2D eigenvalue weighted by Crippen LogP contribution is -2.50. The number of carbonyl (C=O) groups is 1. The molecule has 2 aliphatic carbocycles. The summed E-state index contributed by atoms with van der Waals surface area (Å²) < 4.78 is 0. The molecule has 2 aliphatic rings.